The average Bonchev–Trinajstić information content (AvgIpc) is 2.93. The summed E-state index contributed by atoms with van der Waals surface area (Å²) >= 11 is -2.10. The molecule has 4 rings (SSSR count). The van der Waals surface area contributed by atoms with E-state index in [4.69, 9.17) is 0 Å². The molecule has 4 aliphatic carbocycles. The third-order valence-electron chi connectivity index (χ3n) is 4.23. The van der Waals surface area contributed by atoms with Gasteiger partial charge in [-0.2, -0.15) is 0 Å². The molecule has 0 atom stereocenters. The van der Waals surface area contributed by atoms with Crippen molar-refractivity contribution >= 4 is 10.8 Å². The summed E-state index contributed by atoms with van der Waals surface area (Å²) in [5, 5.41) is 0. The van der Waals surface area contributed by atoms with Crippen LogP contribution in [0.4, 0.5) is 0 Å². The van der Waals surface area contributed by atoms with Crippen molar-refractivity contribution in [3.8, 4) is 22.3 Å². The second kappa shape index (κ2) is 8.21. The van der Waals surface area contributed by atoms with Crippen LogP contribution in [0, 0.1) is 0 Å². The van der Waals surface area contributed by atoms with Gasteiger partial charge in [0.15, 0.2) is 0 Å². The minimum atomic E-state index is -2.10. The quantitative estimate of drug-likeness (QED) is 0.342. The van der Waals surface area contributed by atoms with Crippen LogP contribution in [0.1, 0.15) is 0 Å². The van der Waals surface area contributed by atoms with Crippen LogP contribution >= 0.6 is 0 Å². The largest absolute Gasteiger partial charge is 1.00 e. The minimum Gasteiger partial charge on any atom is -1.00 e. The van der Waals surface area contributed by atoms with Crippen LogP contribution in [0.15, 0.2) is 84.9 Å². The first kappa shape index (κ1) is 19.1. The standard InChI is InChI=1S/2C10H7.CH2.2ClH.Zr/c2*1-2-5-9-7-4-8-10(9)6-3-1;;;;/h2*1-7H;1H2;2*1H;/q;;;;;+2/p-2. The maximum absolute atomic E-state index is 4.66. The molecule has 24 heavy (non-hydrogen) atoms. The summed E-state index contributed by atoms with van der Waals surface area (Å²) in [7, 11) is 0. The predicted octanol–water partition coefficient (Wildman–Crippen LogP) is -2.09. The van der Waals surface area contributed by atoms with Crippen LogP contribution < -0.4 is 31.4 Å². The van der Waals surface area contributed by atoms with Gasteiger partial charge in [-0.3, -0.25) is 0 Å². The molecule has 0 fully saturated rings. The zero-order valence-electron chi connectivity index (χ0n) is 13.0. The molecule has 0 bridgehead atoms. The fraction of sp³-hybridized carbons (Fsp3) is 0. The third kappa shape index (κ3) is 3.40. The Labute approximate surface area is 163 Å². The zero-order valence-corrected chi connectivity index (χ0v) is 17.0. The van der Waals surface area contributed by atoms with E-state index in [0.29, 0.717) is 0 Å². The van der Waals surface area contributed by atoms with Gasteiger partial charge in [-0.15, -0.1) is 0 Å². The van der Waals surface area contributed by atoms with Gasteiger partial charge in [0.2, 0.25) is 0 Å². The van der Waals surface area contributed by atoms with E-state index in [-0.39, 0.29) is 24.8 Å². The van der Waals surface area contributed by atoms with E-state index < -0.39 is 21.3 Å². The summed E-state index contributed by atoms with van der Waals surface area (Å²) in [6.45, 7) is 0. The maximum Gasteiger partial charge on any atom is -1.00 e. The number of halogens is 2. The van der Waals surface area contributed by atoms with Gasteiger partial charge >= 0.3 is 139 Å². The van der Waals surface area contributed by atoms with Gasteiger partial charge in [-0.25, -0.2) is 0 Å². The summed E-state index contributed by atoms with van der Waals surface area (Å²) in [6, 6.07) is 30.6. The fourth-order valence-corrected chi connectivity index (χ4v) is 7.93. The van der Waals surface area contributed by atoms with Crippen molar-refractivity contribution in [3.05, 3.63) is 84.9 Å². The number of hydrogen-bond donors (Lipinski definition) is 0. The second-order valence-corrected chi connectivity index (χ2v) is 10.5. The second-order valence-electron chi connectivity index (χ2n) is 5.53. The molecule has 0 heterocycles. The molecule has 0 nitrogen and oxygen atoms in total. The summed E-state index contributed by atoms with van der Waals surface area (Å²) in [5.74, 6) is 0. The van der Waals surface area contributed by atoms with Crippen molar-refractivity contribution in [2.75, 3.05) is 0 Å². The van der Waals surface area contributed by atoms with Crippen LogP contribution in [0.25, 0.3) is 22.3 Å². The third-order valence-corrected chi connectivity index (χ3v) is 9.57. The van der Waals surface area contributed by atoms with E-state index in [2.05, 4.69) is 89.1 Å². The van der Waals surface area contributed by atoms with E-state index in [9.17, 15) is 0 Å². The van der Waals surface area contributed by atoms with Crippen LogP contribution in [0.3, 0.4) is 0 Å². The molecule has 4 aliphatic rings. The van der Waals surface area contributed by atoms with Gasteiger partial charge in [0.05, 0.1) is 0 Å². The van der Waals surface area contributed by atoms with Crippen LogP contribution in [0.2, 0.25) is 0 Å². The van der Waals surface area contributed by atoms with Gasteiger partial charge in [0.25, 0.3) is 0 Å². The molecule has 0 aliphatic heterocycles. The smallest absolute Gasteiger partial charge is 1.00 e. The van der Waals surface area contributed by atoms with Gasteiger partial charge < -0.3 is 24.8 Å². The molecule has 0 unspecified atom stereocenters. The Hall–Kier alpha value is -1.27. The van der Waals surface area contributed by atoms with Gasteiger partial charge in [0, 0.05) is 0 Å². The van der Waals surface area contributed by atoms with Crippen LogP contribution in [-0.4, -0.2) is 4.21 Å². The zero-order chi connectivity index (χ0) is 14.9. The van der Waals surface area contributed by atoms with Crippen LogP contribution in [-0.2, 0) is 21.3 Å². The number of hydrogen-bond acceptors (Lipinski definition) is 0. The van der Waals surface area contributed by atoms with E-state index in [1.807, 2.05) is 0 Å². The molecule has 0 radical (unpaired) electrons. The SMILES string of the molecule is [CH2]=[Zr+2]([c]1ccc2cccccc1-2)[c]1ccc2cccccc1-2.[Cl-].[Cl-]. The molecule has 0 amide bonds. The normalized spacial score (nSPS) is 9.62. The molecule has 0 N–H and O–H groups in total. The van der Waals surface area contributed by atoms with Gasteiger partial charge in [0.1, 0.15) is 0 Å². The Morgan fingerprint density at radius 3 is 1.38 bits per heavy atom. The van der Waals surface area contributed by atoms with Crippen molar-refractivity contribution < 1.29 is 46.1 Å². The molecule has 0 spiro atoms. The van der Waals surface area contributed by atoms with Crippen molar-refractivity contribution in [1.29, 1.82) is 0 Å². The van der Waals surface area contributed by atoms with E-state index in [1.165, 1.54) is 28.8 Å². The summed E-state index contributed by atoms with van der Waals surface area (Å²) in [4.78, 5) is 0. The van der Waals surface area contributed by atoms with Gasteiger partial charge in [-0.05, 0) is 0 Å². The van der Waals surface area contributed by atoms with Crippen molar-refractivity contribution in [3.63, 3.8) is 0 Å². The Morgan fingerprint density at radius 1 is 0.500 bits per heavy atom. The Bertz CT molecular complexity index is 842. The number of rotatable bonds is 2. The molecule has 0 saturated carbocycles. The minimum absolute atomic E-state index is 0. The van der Waals surface area contributed by atoms with E-state index >= 15 is 0 Å². The molecule has 0 aromatic carbocycles. The molecular formula is C21H16Cl2Zr. The van der Waals surface area contributed by atoms with Crippen molar-refractivity contribution in [2.24, 2.45) is 0 Å². The predicted molar refractivity (Wildman–Crippen MR) is 92.5 cm³/mol. The maximum atomic E-state index is 4.66. The number of fused-ring (bicyclic) bond motifs is 2. The van der Waals surface area contributed by atoms with Crippen molar-refractivity contribution in [1.82, 2.24) is 0 Å². The molecule has 0 aromatic heterocycles. The fourth-order valence-electron chi connectivity index (χ4n) is 3.10. The summed E-state index contributed by atoms with van der Waals surface area (Å²) < 4.78 is 7.65. The van der Waals surface area contributed by atoms with Gasteiger partial charge in [-0.1, -0.05) is 0 Å². The Morgan fingerprint density at radius 2 is 0.917 bits per heavy atom. The molecule has 118 valence electrons. The first-order valence-corrected chi connectivity index (χ1v) is 11.7. The van der Waals surface area contributed by atoms with E-state index in [0.717, 1.165) is 0 Å². The monoisotopic (exact) mass is 428 g/mol. The first-order valence-electron chi connectivity index (χ1n) is 7.50. The molecular weight excluding hydrogens is 414 g/mol. The Kier molecular flexibility index (Phi) is 6.52. The summed E-state index contributed by atoms with van der Waals surface area (Å²) in [6.07, 6.45) is 0. The first-order chi connectivity index (χ1) is 10.8. The van der Waals surface area contributed by atoms with Crippen molar-refractivity contribution in [2.45, 2.75) is 0 Å². The van der Waals surface area contributed by atoms with Crippen LogP contribution in [0.5, 0.6) is 0 Å². The Balaban J connectivity index is 0.00000104. The molecule has 0 aromatic rings. The van der Waals surface area contributed by atoms with E-state index in [1.54, 1.807) is 0 Å². The topological polar surface area (TPSA) is 0 Å². The molecule has 0 saturated heterocycles. The summed E-state index contributed by atoms with van der Waals surface area (Å²) in [5.41, 5.74) is 5.40. The molecule has 3 heteroatoms. The average molecular weight is 430 g/mol.